The predicted octanol–water partition coefficient (Wildman–Crippen LogP) is 5.50. The first-order chi connectivity index (χ1) is 16.7. The minimum absolute atomic E-state index is 0.127. The Morgan fingerprint density at radius 1 is 0.853 bits per heavy atom. The number of benzene rings is 2. The highest BCUT2D eigenvalue weighted by atomic mass is 16.5. The first-order valence-corrected chi connectivity index (χ1v) is 11.1. The molecule has 0 aliphatic carbocycles. The van der Waals surface area contributed by atoms with Gasteiger partial charge >= 0.3 is 0 Å². The molecule has 3 heterocycles. The van der Waals surface area contributed by atoms with Crippen molar-refractivity contribution in [2.45, 2.75) is 12.1 Å². The van der Waals surface area contributed by atoms with Gasteiger partial charge in [-0.25, -0.2) is 9.98 Å². The van der Waals surface area contributed by atoms with Gasteiger partial charge in [0.15, 0.2) is 0 Å². The summed E-state index contributed by atoms with van der Waals surface area (Å²) in [5.41, 5.74) is 5.28. The maximum absolute atomic E-state index is 8.17. The highest BCUT2D eigenvalue weighted by Gasteiger charge is 2.28. The number of nitrogens with one attached hydrogen (secondary N) is 1. The summed E-state index contributed by atoms with van der Waals surface area (Å²) in [5.74, 6) is 0.915. The van der Waals surface area contributed by atoms with Crippen LogP contribution in [0.15, 0.2) is 108 Å². The molecular weight excluding hydrogens is 424 g/mol. The molecule has 2 aromatic carbocycles. The zero-order chi connectivity index (χ0) is 23.3. The Kier molecular flexibility index (Phi) is 6.12. The number of nitrogens with zero attached hydrogens (tertiary/aromatic N) is 3. The molecule has 1 aromatic heterocycles. The van der Waals surface area contributed by atoms with Crippen LogP contribution in [0.2, 0.25) is 0 Å². The van der Waals surface area contributed by atoms with Crippen molar-refractivity contribution >= 4 is 17.5 Å². The van der Waals surface area contributed by atoms with Gasteiger partial charge in [-0.05, 0) is 40.5 Å². The van der Waals surface area contributed by atoms with Crippen molar-refractivity contribution in [1.82, 2.24) is 4.98 Å². The van der Waals surface area contributed by atoms with Crippen molar-refractivity contribution in [3.05, 3.63) is 115 Å². The minimum atomic E-state index is -0.191. The third-order valence-corrected chi connectivity index (χ3v) is 5.75. The number of hydrogen-bond acceptors (Lipinski definition) is 6. The Morgan fingerprint density at radius 2 is 1.50 bits per heavy atom. The van der Waals surface area contributed by atoms with E-state index in [2.05, 4.69) is 35.8 Å². The van der Waals surface area contributed by atoms with E-state index in [1.54, 1.807) is 24.4 Å². The summed E-state index contributed by atoms with van der Waals surface area (Å²) < 4.78 is 11.7. The summed E-state index contributed by atoms with van der Waals surface area (Å²) in [6, 6.07) is 21.9. The SMILES string of the molecule is C=C/C=C\C(=N)C1=NC(c2ccccc2-c2ccccc2C2COC(c3ccccn3)=N2)CO1. The average molecular weight is 449 g/mol. The predicted molar refractivity (Wildman–Crippen MR) is 135 cm³/mol. The van der Waals surface area contributed by atoms with Gasteiger partial charge in [-0.3, -0.25) is 10.4 Å². The summed E-state index contributed by atoms with van der Waals surface area (Å²) in [5, 5.41) is 8.17. The maximum atomic E-state index is 8.17. The second-order valence-corrected chi connectivity index (χ2v) is 7.92. The lowest BCUT2D eigenvalue weighted by molar-refractivity contribution is 0.319. The van der Waals surface area contributed by atoms with Crippen LogP contribution in [-0.2, 0) is 9.47 Å². The van der Waals surface area contributed by atoms with Gasteiger partial charge in [-0.15, -0.1) is 0 Å². The van der Waals surface area contributed by atoms with Gasteiger partial charge in [0.1, 0.15) is 36.7 Å². The van der Waals surface area contributed by atoms with Crippen molar-refractivity contribution in [3.8, 4) is 11.1 Å². The fourth-order valence-electron chi connectivity index (χ4n) is 4.14. The van der Waals surface area contributed by atoms with Crippen LogP contribution in [0.25, 0.3) is 11.1 Å². The summed E-state index contributed by atoms with van der Waals surface area (Å²) in [4.78, 5) is 13.9. The molecule has 2 aliphatic heterocycles. The van der Waals surface area contributed by atoms with E-state index in [0.717, 1.165) is 27.9 Å². The molecule has 0 bridgehead atoms. The lowest BCUT2D eigenvalue weighted by Crippen LogP contribution is -2.10. The molecule has 0 amide bonds. The smallest absolute Gasteiger partial charge is 0.236 e. The summed E-state index contributed by atoms with van der Waals surface area (Å²) >= 11 is 0. The highest BCUT2D eigenvalue weighted by Crippen LogP contribution is 2.38. The van der Waals surface area contributed by atoms with E-state index in [-0.39, 0.29) is 17.8 Å². The van der Waals surface area contributed by atoms with Crippen LogP contribution in [-0.4, -0.2) is 35.7 Å². The van der Waals surface area contributed by atoms with Crippen molar-refractivity contribution in [3.63, 3.8) is 0 Å². The molecule has 3 aromatic rings. The van der Waals surface area contributed by atoms with Gasteiger partial charge < -0.3 is 9.47 Å². The van der Waals surface area contributed by atoms with Gasteiger partial charge in [0.05, 0.1) is 0 Å². The first-order valence-electron chi connectivity index (χ1n) is 11.1. The second-order valence-electron chi connectivity index (χ2n) is 7.92. The highest BCUT2D eigenvalue weighted by molar-refractivity contribution is 6.42. The molecule has 0 saturated carbocycles. The van der Waals surface area contributed by atoms with E-state index in [0.29, 0.717) is 25.0 Å². The lowest BCUT2D eigenvalue weighted by atomic mass is 9.90. The van der Waals surface area contributed by atoms with E-state index in [1.807, 2.05) is 42.5 Å². The Morgan fingerprint density at radius 3 is 2.18 bits per heavy atom. The largest absolute Gasteiger partial charge is 0.474 e. The van der Waals surface area contributed by atoms with Crippen LogP contribution in [0.3, 0.4) is 0 Å². The average Bonchev–Trinajstić information content (AvgIpc) is 3.59. The molecule has 6 nitrogen and oxygen atoms in total. The molecule has 2 aliphatic rings. The Hall–Kier alpha value is -4.32. The Balaban J connectivity index is 1.49. The van der Waals surface area contributed by atoms with Crippen LogP contribution in [0, 0.1) is 5.41 Å². The van der Waals surface area contributed by atoms with E-state index in [9.17, 15) is 0 Å². The molecular formula is C28H24N4O2. The minimum Gasteiger partial charge on any atom is -0.474 e. The molecule has 2 unspecified atom stereocenters. The fraction of sp³-hybridized carbons (Fsp3) is 0.143. The molecule has 5 rings (SSSR count). The number of aliphatic imine (C=N–C) groups is 2. The zero-order valence-corrected chi connectivity index (χ0v) is 18.6. The molecule has 6 heteroatoms. The van der Waals surface area contributed by atoms with Crippen LogP contribution in [0.5, 0.6) is 0 Å². The van der Waals surface area contributed by atoms with Crippen LogP contribution in [0.4, 0.5) is 0 Å². The quantitative estimate of drug-likeness (QED) is 0.383. The van der Waals surface area contributed by atoms with E-state index in [1.165, 1.54) is 0 Å². The van der Waals surface area contributed by atoms with Crippen molar-refractivity contribution < 1.29 is 9.47 Å². The molecule has 168 valence electrons. The van der Waals surface area contributed by atoms with E-state index >= 15 is 0 Å². The van der Waals surface area contributed by atoms with Crippen LogP contribution in [0.1, 0.15) is 28.9 Å². The number of rotatable bonds is 7. The monoisotopic (exact) mass is 448 g/mol. The summed E-state index contributed by atoms with van der Waals surface area (Å²) in [6.07, 6.45) is 6.70. The fourth-order valence-corrected chi connectivity index (χ4v) is 4.14. The van der Waals surface area contributed by atoms with Gasteiger partial charge in [0.25, 0.3) is 0 Å². The summed E-state index contributed by atoms with van der Waals surface area (Å²) in [7, 11) is 0. The number of aromatic nitrogens is 1. The maximum Gasteiger partial charge on any atom is 0.236 e. The lowest BCUT2D eigenvalue weighted by Gasteiger charge is -2.17. The molecule has 0 radical (unpaired) electrons. The number of hydrogen-bond donors (Lipinski definition) is 1. The van der Waals surface area contributed by atoms with E-state index < -0.39 is 0 Å². The molecule has 34 heavy (non-hydrogen) atoms. The molecule has 2 atom stereocenters. The molecule has 0 fully saturated rings. The van der Waals surface area contributed by atoms with Gasteiger partial charge in [-0.1, -0.05) is 73.3 Å². The van der Waals surface area contributed by atoms with Crippen molar-refractivity contribution in [2.24, 2.45) is 9.98 Å². The molecule has 0 saturated heterocycles. The normalized spacial score (nSPS) is 19.3. The Labute approximate surface area is 198 Å². The standard InChI is InChI=1S/C28H24N4O2/c1-2-3-14-23(29)27-31-25(17-33-27)21-12-6-4-10-19(21)20-11-5-7-13-22(20)26-18-34-28(32-26)24-15-8-9-16-30-24/h2-16,25-26,29H,1,17-18H2/b14-3-,29-23?. The molecule has 0 spiro atoms. The number of ether oxygens (including phenoxy) is 2. The third-order valence-electron chi connectivity index (χ3n) is 5.75. The van der Waals surface area contributed by atoms with Crippen LogP contribution < -0.4 is 0 Å². The topological polar surface area (TPSA) is 79.9 Å². The Bertz CT molecular complexity index is 1310. The van der Waals surface area contributed by atoms with Crippen molar-refractivity contribution in [1.29, 1.82) is 5.41 Å². The van der Waals surface area contributed by atoms with Gasteiger partial charge in [0.2, 0.25) is 11.8 Å². The third kappa shape index (κ3) is 4.30. The molecule has 1 N–H and O–H groups in total. The van der Waals surface area contributed by atoms with Crippen LogP contribution >= 0.6 is 0 Å². The number of allylic oxidation sites excluding steroid dienone is 2. The van der Waals surface area contributed by atoms with Crippen molar-refractivity contribution in [2.75, 3.05) is 13.2 Å². The summed E-state index contributed by atoms with van der Waals surface area (Å²) in [6.45, 7) is 4.51. The van der Waals surface area contributed by atoms with E-state index in [4.69, 9.17) is 24.9 Å². The van der Waals surface area contributed by atoms with Gasteiger partial charge in [-0.2, -0.15) is 0 Å². The first kappa shape index (κ1) is 21.5. The zero-order valence-electron chi connectivity index (χ0n) is 18.6. The second kappa shape index (κ2) is 9.67. The number of pyridine rings is 1. The van der Waals surface area contributed by atoms with Gasteiger partial charge in [0, 0.05) is 6.20 Å².